The van der Waals surface area contributed by atoms with Crippen LogP contribution in [-0.2, 0) is 0 Å². The van der Waals surface area contributed by atoms with E-state index in [9.17, 15) is 0 Å². The molecule has 0 aliphatic rings. The van der Waals surface area contributed by atoms with Crippen molar-refractivity contribution in [2.45, 2.75) is 53.4 Å². The van der Waals surface area contributed by atoms with Gasteiger partial charge in [0.2, 0.25) is 0 Å². The highest BCUT2D eigenvalue weighted by molar-refractivity contribution is 5.03. The van der Waals surface area contributed by atoms with E-state index in [2.05, 4.69) is 39.8 Å². The van der Waals surface area contributed by atoms with E-state index < -0.39 is 0 Å². The highest BCUT2D eigenvalue weighted by Gasteiger charge is 1.91. The molecule has 0 aromatic rings. The molecular weight excluding hydrogens is 144 g/mol. The molecule has 0 spiro atoms. The van der Waals surface area contributed by atoms with Crippen LogP contribution in [-0.4, -0.2) is 0 Å². The zero-order chi connectivity index (χ0) is 9.40. The SMILES string of the molecule is CC/C=C(/CC)CCC=C(C)C. The van der Waals surface area contributed by atoms with E-state index in [1.807, 2.05) is 0 Å². The van der Waals surface area contributed by atoms with E-state index in [0.717, 1.165) is 0 Å². The van der Waals surface area contributed by atoms with Crippen molar-refractivity contribution in [1.29, 1.82) is 0 Å². The second kappa shape index (κ2) is 7.15. The minimum atomic E-state index is 1.18. The summed E-state index contributed by atoms with van der Waals surface area (Å²) in [5.74, 6) is 0. The molecule has 70 valence electrons. The highest BCUT2D eigenvalue weighted by atomic mass is 14.0. The molecule has 0 fully saturated rings. The van der Waals surface area contributed by atoms with E-state index >= 15 is 0 Å². The van der Waals surface area contributed by atoms with Gasteiger partial charge in [-0.15, -0.1) is 0 Å². The zero-order valence-corrected chi connectivity index (χ0v) is 8.98. The molecule has 0 aromatic carbocycles. The van der Waals surface area contributed by atoms with E-state index in [1.54, 1.807) is 5.57 Å². The van der Waals surface area contributed by atoms with Crippen LogP contribution in [0.5, 0.6) is 0 Å². The van der Waals surface area contributed by atoms with Gasteiger partial charge in [-0.05, 0) is 39.5 Å². The summed E-state index contributed by atoms with van der Waals surface area (Å²) >= 11 is 0. The lowest BCUT2D eigenvalue weighted by molar-refractivity contribution is 0.889. The smallest absolute Gasteiger partial charge is 0.0286 e. The summed E-state index contributed by atoms with van der Waals surface area (Å²) in [6, 6.07) is 0. The Bertz CT molecular complexity index is 157. The third kappa shape index (κ3) is 6.21. The average Bonchev–Trinajstić information content (AvgIpc) is 2.02. The van der Waals surface area contributed by atoms with Gasteiger partial charge in [-0.2, -0.15) is 0 Å². The molecule has 0 nitrogen and oxygen atoms in total. The molecule has 0 heteroatoms. The van der Waals surface area contributed by atoms with Gasteiger partial charge in [0, 0.05) is 0 Å². The lowest BCUT2D eigenvalue weighted by Gasteiger charge is -2.01. The topological polar surface area (TPSA) is 0 Å². The maximum absolute atomic E-state index is 2.36. The van der Waals surface area contributed by atoms with Crippen LogP contribution in [0.2, 0.25) is 0 Å². The maximum atomic E-state index is 2.36. The van der Waals surface area contributed by atoms with Crippen LogP contribution in [0.4, 0.5) is 0 Å². The molecule has 0 aliphatic heterocycles. The molecule has 0 rings (SSSR count). The first-order valence-corrected chi connectivity index (χ1v) is 5.02. The molecule has 0 saturated heterocycles. The molecule has 0 amide bonds. The lowest BCUT2D eigenvalue weighted by Crippen LogP contribution is -1.80. The van der Waals surface area contributed by atoms with Crippen LogP contribution in [0, 0.1) is 0 Å². The van der Waals surface area contributed by atoms with Gasteiger partial charge in [0.25, 0.3) is 0 Å². The van der Waals surface area contributed by atoms with Gasteiger partial charge in [-0.1, -0.05) is 37.1 Å². The Labute approximate surface area is 77.4 Å². The first-order valence-electron chi connectivity index (χ1n) is 5.02. The monoisotopic (exact) mass is 166 g/mol. The van der Waals surface area contributed by atoms with Crippen molar-refractivity contribution in [3.63, 3.8) is 0 Å². The Kier molecular flexibility index (Phi) is 6.84. The van der Waals surface area contributed by atoms with Crippen molar-refractivity contribution in [3.8, 4) is 0 Å². The summed E-state index contributed by atoms with van der Waals surface area (Å²) in [5, 5.41) is 0. The fraction of sp³-hybridized carbons (Fsp3) is 0.667. The van der Waals surface area contributed by atoms with E-state index in [-0.39, 0.29) is 0 Å². The third-order valence-corrected chi connectivity index (χ3v) is 1.96. The van der Waals surface area contributed by atoms with Crippen LogP contribution in [0.15, 0.2) is 23.3 Å². The summed E-state index contributed by atoms with van der Waals surface area (Å²) in [5.41, 5.74) is 3.04. The number of allylic oxidation sites excluding steroid dienone is 4. The molecular formula is C12H22. The van der Waals surface area contributed by atoms with Gasteiger partial charge in [-0.25, -0.2) is 0 Å². The first kappa shape index (κ1) is 11.5. The summed E-state index contributed by atoms with van der Waals surface area (Å²) in [4.78, 5) is 0. The van der Waals surface area contributed by atoms with E-state index in [0.29, 0.717) is 0 Å². The zero-order valence-electron chi connectivity index (χ0n) is 8.98. The first-order chi connectivity index (χ1) is 5.70. The highest BCUT2D eigenvalue weighted by Crippen LogP contribution is 2.11. The van der Waals surface area contributed by atoms with E-state index in [4.69, 9.17) is 0 Å². The average molecular weight is 166 g/mol. The van der Waals surface area contributed by atoms with E-state index in [1.165, 1.54) is 31.3 Å². The number of rotatable bonds is 5. The van der Waals surface area contributed by atoms with Gasteiger partial charge < -0.3 is 0 Å². The Morgan fingerprint density at radius 3 is 2.17 bits per heavy atom. The predicted octanol–water partition coefficient (Wildman–Crippen LogP) is 4.48. The van der Waals surface area contributed by atoms with Crippen molar-refractivity contribution < 1.29 is 0 Å². The molecule has 0 N–H and O–H groups in total. The lowest BCUT2D eigenvalue weighted by atomic mass is 10.1. The molecule has 0 atom stereocenters. The Morgan fingerprint density at radius 1 is 1.08 bits per heavy atom. The quantitative estimate of drug-likeness (QED) is 0.528. The van der Waals surface area contributed by atoms with Gasteiger partial charge in [-0.3, -0.25) is 0 Å². The Hall–Kier alpha value is -0.520. The molecule has 0 aliphatic carbocycles. The second-order valence-corrected chi connectivity index (χ2v) is 3.44. The van der Waals surface area contributed by atoms with Crippen LogP contribution in [0.25, 0.3) is 0 Å². The Balaban J connectivity index is 3.74. The summed E-state index contributed by atoms with van der Waals surface area (Å²) in [7, 11) is 0. The molecule has 0 saturated carbocycles. The van der Waals surface area contributed by atoms with Gasteiger partial charge in [0.15, 0.2) is 0 Å². The standard InChI is InChI=1S/C12H22/c1-5-8-12(6-2)10-7-9-11(3)4/h8-9H,5-7,10H2,1-4H3/b12-8-. The molecule has 0 bridgehead atoms. The normalized spacial score (nSPS) is 11.5. The van der Waals surface area contributed by atoms with Crippen LogP contribution in [0.1, 0.15) is 53.4 Å². The Morgan fingerprint density at radius 2 is 1.75 bits per heavy atom. The number of hydrogen-bond acceptors (Lipinski definition) is 0. The van der Waals surface area contributed by atoms with Crippen molar-refractivity contribution >= 4 is 0 Å². The van der Waals surface area contributed by atoms with Crippen molar-refractivity contribution in [1.82, 2.24) is 0 Å². The van der Waals surface area contributed by atoms with Crippen molar-refractivity contribution in [2.24, 2.45) is 0 Å². The summed E-state index contributed by atoms with van der Waals surface area (Å²) in [6.45, 7) is 8.77. The van der Waals surface area contributed by atoms with Gasteiger partial charge in [0.05, 0.1) is 0 Å². The van der Waals surface area contributed by atoms with Crippen LogP contribution < -0.4 is 0 Å². The summed E-state index contributed by atoms with van der Waals surface area (Å²) in [6.07, 6.45) is 9.53. The van der Waals surface area contributed by atoms with Gasteiger partial charge >= 0.3 is 0 Å². The molecule has 12 heavy (non-hydrogen) atoms. The molecule has 0 heterocycles. The van der Waals surface area contributed by atoms with Crippen LogP contribution >= 0.6 is 0 Å². The fourth-order valence-corrected chi connectivity index (χ4v) is 1.26. The molecule has 0 radical (unpaired) electrons. The minimum Gasteiger partial charge on any atom is -0.0856 e. The third-order valence-electron chi connectivity index (χ3n) is 1.96. The predicted molar refractivity (Wildman–Crippen MR) is 57.3 cm³/mol. The minimum absolute atomic E-state index is 1.18. The van der Waals surface area contributed by atoms with Crippen molar-refractivity contribution in [2.75, 3.05) is 0 Å². The fourth-order valence-electron chi connectivity index (χ4n) is 1.26. The molecule has 0 unspecified atom stereocenters. The van der Waals surface area contributed by atoms with Crippen molar-refractivity contribution in [3.05, 3.63) is 23.3 Å². The number of hydrogen-bond donors (Lipinski definition) is 0. The maximum Gasteiger partial charge on any atom is -0.0286 e. The summed E-state index contributed by atoms with van der Waals surface area (Å²) < 4.78 is 0. The largest absolute Gasteiger partial charge is 0.0856 e. The van der Waals surface area contributed by atoms with Gasteiger partial charge in [0.1, 0.15) is 0 Å². The second-order valence-electron chi connectivity index (χ2n) is 3.44. The van der Waals surface area contributed by atoms with Crippen LogP contribution in [0.3, 0.4) is 0 Å². The molecule has 0 aromatic heterocycles.